The van der Waals surface area contributed by atoms with Crippen LogP contribution in [0.3, 0.4) is 0 Å². The number of fused-ring (bicyclic) bond motifs is 5. The molecule has 4 aromatic rings. The summed E-state index contributed by atoms with van der Waals surface area (Å²) in [6.45, 7) is 10.7. The van der Waals surface area contributed by atoms with Crippen LogP contribution in [0.5, 0.6) is 5.75 Å². The Kier molecular flexibility index (Phi) is 7.52. The molecule has 226 valence electrons. The molecule has 3 aromatic carbocycles. The number of aryl methyl sites for hydroxylation is 1. The van der Waals surface area contributed by atoms with Gasteiger partial charge in [0, 0.05) is 58.5 Å². The molecule has 0 amide bonds. The maximum absolute atomic E-state index is 14.5. The van der Waals surface area contributed by atoms with E-state index in [0.29, 0.717) is 53.0 Å². The molecule has 0 saturated carbocycles. The van der Waals surface area contributed by atoms with Crippen molar-refractivity contribution in [3.8, 4) is 5.75 Å². The van der Waals surface area contributed by atoms with Gasteiger partial charge in [-0.2, -0.15) is 0 Å². The van der Waals surface area contributed by atoms with Gasteiger partial charge in [0.15, 0.2) is 17.6 Å². The number of benzene rings is 3. The van der Waals surface area contributed by atoms with Gasteiger partial charge in [-0.15, -0.1) is 0 Å². The van der Waals surface area contributed by atoms with Crippen molar-refractivity contribution in [3.05, 3.63) is 58.3 Å². The predicted molar refractivity (Wildman–Crippen MR) is 165 cm³/mol. The molecule has 0 spiro atoms. The minimum absolute atomic E-state index is 0.152. The van der Waals surface area contributed by atoms with Crippen LogP contribution in [0.15, 0.2) is 47.3 Å². The van der Waals surface area contributed by atoms with Crippen LogP contribution in [0.4, 0.5) is 5.69 Å². The summed E-state index contributed by atoms with van der Waals surface area (Å²) >= 11 is 0. The summed E-state index contributed by atoms with van der Waals surface area (Å²) < 4.78 is 25.6. The number of anilines is 1. The number of hydrogen-bond acceptors (Lipinski definition) is 9. The number of aromatic nitrogens is 1. The van der Waals surface area contributed by atoms with Crippen LogP contribution >= 0.6 is 0 Å². The van der Waals surface area contributed by atoms with Crippen LogP contribution in [0.25, 0.3) is 32.6 Å². The highest BCUT2D eigenvalue weighted by Crippen LogP contribution is 2.48. The lowest BCUT2D eigenvalue weighted by molar-refractivity contribution is -0.187. The molecule has 1 fully saturated rings. The highest BCUT2D eigenvalue weighted by molar-refractivity contribution is 6.06. The molecular weight excluding hydrogens is 550 g/mol. The second-order valence-corrected chi connectivity index (χ2v) is 11.8. The molecule has 1 saturated heterocycles. The van der Waals surface area contributed by atoms with E-state index < -0.39 is 29.7 Å². The standard InChI is InChI=1S/C33H37N3O7/c1-19(37)41-31-28-26(43-33(3,4)32(31)42-20(2)38)18-24(34-10-11-36-12-14-40-15-13-36)27-29(28)35(5)25-17-22-9-7-6-8-21(22)16-23(25)30(27)39/h6-9,16-18,31-32,34H,10-15H2,1-5H3/t31-,32-/m1/s1. The average Bonchev–Trinajstić information content (AvgIpc) is 2.96. The fraction of sp³-hybridized carbons (Fsp3) is 0.424. The van der Waals surface area contributed by atoms with E-state index in [4.69, 9.17) is 18.9 Å². The molecule has 2 atom stereocenters. The Labute approximate surface area is 249 Å². The molecule has 1 N–H and O–H groups in total. The van der Waals surface area contributed by atoms with E-state index in [9.17, 15) is 14.4 Å². The normalized spacial score (nSPS) is 20.0. The number of pyridine rings is 1. The van der Waals surface area contributed by atoms with Gasteiger partial charge in [-0.3, -0.25) is 19.3 Å². The minimum atomic E-state index is -1.04. The summed E-state index contributed by atoms with van der Waals surface area (Å²) in [7, 11) is 1.89. The highest BCUT2D eigenvalue weighted by Gasteiger charge is 2.50. The second kappa shape index (κ2) is 11.2. The van der Waals surface area contributed by atoms with Crippen molar-refractivity contribution in [1.82, 2.24) is 9.47 Å². The van der Waals surface area contributed by atoms with Crippen LogP contribution in [0.2, 0.25) is 0 Å². The van der Waals surface area contributed by atoms with Gasteiger partial charge < -0.3 is 28.8 Å². The van der Waals surface area contributed by atoms with Crippen molar-refractivity contribution < 1.29 is 28.5 Å². The Morgan fingerprint density at radius 2 is 1.70 bits per heavy atom. The molecule has 6 rings (SSSR count). The third kappa shape index (κ3) is 5.29. The van der Waals surface area contributed by atoms with Gasteiger partial charge in [-0.25, -0.2) is 0 Å². The third-order valence-electron chi connectivity index (χ3n) is 8.39. The van der Waals surface area contributed by atoms with Crippen LogP contribution in [0, 0.1) is 0 Å². The first-order valence-electron chi connectivity index (χ1n) is 14.6. The molecule has 1 aromatic heterocycles. The molecule has 0 unspecified atom stereocenters. The van der Waals surface area contributed by atoms with Gasteiger partial charge in [0.1, 0.15) is 11.4 Å². The van der Waals surface area contributed by atoms with E-state index >= 15 is 0 Å². The summed E-state index contributed by atoms with van der Waals surface area (Å²) in [5, 5.41) is 6.49. The quantitative estimate of drug-likeness (QED) is 0.261. The first-order valence-corrected chi connectivity index (χ1v) is 14.6. The van der Waals surface area contributed by atoms with E-state index in [2.05, 4.69) is 10.2 Å². The Morgan fingerprint density at radius 3 is 2.37 bits per heavy atom. The van der Waals surface area contributed by atoms with Crippen molar-refractivity contribution in [3.63, 3.8) is 0 Å². The smallest absolute Gasteiger partial charge is 0.303 e. The van der Waals surface area contributed by atoms with Crippen molar-refractivity contribution in [2.24, 2.45) is 7.05 Å². The average molecular weight is 588 g/mol. The first-order chi connectivity index (χ1) is 20.5. The van der Waals surface area contributed by atoms with Crippen molar-refractivity contribution in [2.45, 2.75) is 45.5 Å². The summed E-state index contributed by atoms with van der Waals surface area (Å²) in [5.74, 6) is -0.613. The summed E-state index contributed by atoms with van der Waals surface area (Å²) in [6, 6.07) is 13.6. The molecule has 0 aliphatic carbocycles. The van der Waals surface area contributed by atoms with Crippen LogP contribution in [-0.4, -0.2) is 72.5 Å². The number of morpholine rings is 1. The molecule has 3 heterocycles. The number of rotatable bonds is 6. The number of carbonyl (C=O) groups excluding carboxylic acids is 2. The van der Waals surface area contributed by atoms with Crippen molar-refractivity contribution >= 4 is 50.2 Å². The van der Waals surface area contributed by atoms with Gasteiger partial charge in [0.05, 0.1) is 40.9 Å². The summed E-state index contributed by atoms with van der Waals surface area (Å²) in [4.78, 5) is 41.5. The molecule has 0 radical (unpaired) electrons. The zero-order chi connectivity index (χ0) is 30.5. The van der Waals surface area contributed by atoms with E-state index in [1.165, 1.54) is 13.8 Å². The fourth-order valence-electron chi connectivity index (χ4n) is 6.39. The lowest BCUT2D eigenvalue weighted by Gasteiger charge is -2.43. The van der Waals surface area contributed by atoms with Gasteiger partial charge in [-0.05, 0) is 36.8 Å². The van der Waals surface area contributed by atoms with Gasteiger partial charge in [-0.1, -0.05) is 24.3 Å². The van der Waals surface area contributed by atoms with E-state index in [-0.39, 0.29) is 5.43 Å². The number of hydrogen-bond donors (Lipinski definition) is 1. The predicted octanol–water partition coefficient (Wildman–Crippen LogP) is 4.30. The summed E-state index contributed by atoms with van der Waals surface area (Å²) in [6.07, 6.45) is -1.96. The zero-order valence-corrected chi connectivity index (χ0v) is 25.2. The Bertz CT molecular complexity index is 1810. The number of esters is 2. The molecule has 43 heavy (non-hydrogen) atoms. The zero-order valence-electron chi connectivity index (χ0n) is 25.2. The first kappa shape index (κ1) is 28.9. The van der Waals surface area contributed by atoms with E-state index in [1.54, 1.807) is 13.8 Å². The lowest BCUT2D eigenvalue weighted by Crippen LogP contribution is -2.52. The van der Waals surface area contributed by atoms with Crippen molar-refractivity contribution in [1.29, 1.82) is 0 Å². The highest BCUT2D eigenvalue weighted by atomic mass is 16.6. The molecular formula is C33H37N3O7. The summed E-state index contributed by atoms with van der Waals surface area (Å²) in [5.41, 5.74) is 1.20. The molecule has 2 aliphatic rings. The maximum Gasteiger partial charge on any atom is 0.303 e. The van der Waals surface area contributed by atoms with Crippen molar-refractivity contribution in [2.75, 3.05) is 44.7 Å². The Balaban J connectivity index is 1.62. The Hall–Kier alpha value is -4.15. The van der Waals surface area contributed by atoms with Gasteiger partial charge >= 0.3 is 11.9 Å². The van der Waals surface area contributed by atoms with E-state index in [0.717, 1.165) is 35.9 Å². The molecule has 10 heteroatoms. The molecule has 2 aliphatic heterocycles. The van der Waals surface area contributed by atoms with Crippen LogP contribution in [-0.2, 0) is 30.8 Å². The Morgan fingerprint density at radius 1 is 1.02 bits per heavy atom. The van der Waals surface area contributed by atoms with Crippen LogP contribution in [0.1, 0.15) is 39.4 Å². The topological polar surface area (TPSA) is 108 Å². The second-order valence-electron chi connectivity index (χ2n) is 11.8. The third-order valence-corrected chi connectivity index (χ3v) is 8.39. The lowest BCUT2D eigenvalue weighted by atomic mass is 9.86. The number of ether oxygens (including phenoxy) is 4. The fourth-order valence-corrected chi connectivity index (χ4v) is 6.39. The van der Waals surface area contributed by atoms with Gasteiger partial charge in [0.2, 0.25) is 0 Å². The number of carbonyl (C=O) groups is 2. The van der Waals surface area contributed by atoms with Gasteiger partial charge in [0.25, 0.3) is 0 Å². The molecule has 0 bridgehead atoms. The number of nitrogens with one attached hydrogen (secondary N) is 1. The largest absolute Gasteiger partial charge is 0.483 e. The number of nitrogens with zero attached hydrogens (tertiary/aromatic N) is 2. The SMILES string of the molecule is CC(=O)O[C@@H]1c2c(cc(NCCN3CCOCC3)c3c(=O)c4cc5ccccc5cc4n(C)c23)OC(C)(C)[C@@H]1OC(C)=O. The van der Waals surface area contributed by atoms with Crippen LogP contribution < -0.4 is 15.5 Å². The molecule has 10 nitrogen and oxygen atoms in total. The van der Waals surface area contributed by atoms with E-state index in [1.807, 2.05) is 54.1 Å². The minimum Gasteiger partial charge on any atom is -0.483 e. The maximum atomic E-state index is 14.5. The monoisotopic (exact) mass is 587 g/mol.